The van der Waals surface area contributed by atoms with Crippen molar-refractivity contribution in [2.75, 3.05) is 0 Å². The van der Waals surface area contributed by atoms with E-state index in [-0.39, 0.29) is 0 Å². The maximum atomic E-state index is 4.20. The van der Waals surface area contributed by atoms with Gasteiger partial charge >= 0.3 is 0 Å². The molecule has 0 radical (unpaired) electrons. The van der Waals surface area contributed by atoms with Crippen LogP contribution in [0.1, 0.15) is 11.3 Å². The van der Waals surface area contributed by atoms with E-state index in [1.807, 2.05) is 17.8 Å². The van der Waals surface area contributed by atoms with Crippen molar-refractivity contribution in [1.82, 2.24) is 9.97 Å². The van der Waals surface area contributed by atoms with Gasteiger partial charge in [-0.05, 0) is 11.6 Å². The first-order valence-electron chi connectivity index (χ1n) is 3.71. The molecule has 3 heteroatoms. The van der Waals surface area contributed by atoms with E-state index in [9.17, 15) is 0 Å². The summed E-state index contributed by atoms with van der Waals surface area (Å²) in [5.41, 5.74) is 4.18. The lowest BCUT2D eigenvalue weighted by molar-refractivity contribution is 1.08. The average Bonchev–Trinajstić information content (AvgIpc) is 2.59. The number of rotatable bonds is 2. The summed E-state index contributed by atoms with van der Waals surface area (Å²) in [6.07, 6.45) is 4.54. The van der Waals surface area contributed by atoms with Crippen LogP contribution in [0.2, 0.25) is 0 Å². The Balaban J connectivity index is 2.15. The molecule has 0 bridgehead atoms. The molecule has 2 aromatic heterocycles. The number of pyridine rings is 1. The van der Waals surface area contributed by atoms with Crippen LogP contribution in [0.3, 0.4) is 0 Å². The zero-order valence-corrected chi connectivity index (χ0v) is 7.29. The van der Waals surface area contributed by atoms with Crippen LogP contribution in [-0.2, 0) is 6.42 Å². The summed E-state index contributed by atoms with van der Waals surface area (Å²) >= 11 is 1.63. The second kappa shape index (κ2) is 3.45. The van der Waals surface area contributed by atoms with Gasteiger partial charge in [0.1, 0.15) is 0 Å². The van der Waals surface area contributed by atoms with E-state index in [1.165, 1.54) is 5.56 Å². The van der Waals surface area contributed by atoms with Gasteiger partial charge in [-0.2, -0.15) is 0 Å². The molecule has 0 saturated heterocycles. The Bertz CT molecular complexity index is 329. The van der Waals surface area contributed by atoms with Gasteiger partial charge in [-0.3, -0.25) is 4.98 Å². The van der Waals surface area contributed by atoms with Crippen LogP contribution in [0.25, 0.3) is 0 Å². The van der Waals surface area contributed by atoms with Crippen molar-refractivity contribution in [3.05, 3.63) is 46.7 Å². The SMILES string of the molecule is c1cncc(Cc2cscn2)c1. The Morgan fingerprint density at radius 3 is 3.08 bits per heavy atom. The lowest BCUT2D eigenvalue weighted by Crippen LogP contribution is -1.87. The Labute approximate surface area is 74.9 Å². The normalized spacial score (nSPS) is 10.0. The maximum absolute atomic E-state index is 4.20. The van der Waals surface area contributed by atoms with E-state index < -0.39 is 0 Å². The molecule has 2 rings (SSSR count). The summed E-state index contributed by atoms with van der Waals surface area (Å²) in [4.78, 5) is 8.24. The summed E-state index contributed by atoms with van der Waals surface area (Å²) in [7, 11) is 0. The van der Waals surface area contributed by atoms with Crippen LogP contribution in [-0.4, -0.2) is 9.97 Å². The van der Waals surface area contributed by atoms with Gasteiger partial charge in [-0.1, -0.05) is 6.07 Å². The molecule has 0 atom stereocenters. The van der Waals surface area contributed by atoms with Crippen molar-refractivity contribution in [3.8, 4) is 0 Å². The van der Waals surface area contributed by atoms with Crippen molar-refractivity contribution in [3.63, 3.8) is 0 Å². The van der Waals surface area contributed by atoms with Crippen LogP contribution < -0.4 is 0 Å². The van der Waals surface area contributed by atoms with Gasteiger partial charge < -0.3 is 0 Å². The third-order valence-electron chi connectivity index (χ3n) is 1.59. The Hall–Kier alpha value is -1.22. The van der Waals surface area contributed by atoms with Crippen molar-refractivity contribution in [2.45, 2.75) is 6.42 Å². The maximum Gasteiger partial charge on any atom is 0.0794 e. The van der Waals surface area contributed by atoms with E-state index in [0.717, 1.165) is 12.1 Å². The number of hydrogen-bond acceptors (Lipinski definition) is 3. The van der Waals surface area contributed by atoms with Crippen molar-refractivity contribution >= 4 is 11.3 Å². The lowest BCUT2D eigenvalue weighted by atomic mass is 10.2. The van der Waals surface area contributed by atoms with Gasteiger partial charge in [0.25, 0.3) is 0 Å². The molecule has 0 N–H and O–H groups in total. The molecule has 0 aromatic carbocycles. The molecule has 2 nitrogen and oxygen atoms in total. The first-order valence-corrected chi connectivity index (χ1v) is 4.65. The standard InChI is InChI=1S/C9H8N2S/c1-2-8(5-10-3-1)4-9-6-12-7-11-9/h1-3,5-7H,4H2. The molecular weight excluding hydrogens is 168 g/mol. The second-order valence-corrected chi connectivity index (χ2v) is 3.24. The number of aromatic nitrogens is 2. The van der Waals surface area contributed by atoms with Crippen LogP contribution in [0.5, 0.6) is 0 Å². The minimum atomic E-state index is 0.886. The quantitative estimate of drug-likeness (QED) is 0.700. The molecule has 2 heterocycles. The lowest BCUT2D eigenvalue weighted by Gasteiger charge is -1.94. The molecule has 12 heavy (non-hydrogen) atoms. The Morgan fingerprint density at radius 2 is 2.42 bits per heavy atom. The van der Waals surface area contributed by atoms with Gasteiger partial charge in [0, 0.05) is 24.2 Å². The van der Waals surface area contributed by atoms with Gasteiger partial charge in [-0.25, -0.2) is 4.98 Å². The Morgan fingerprint density at radius 1 is 1.42 bits per heavy atom. The predicted octanol–water partition coefficient (Wildman–Crippen LogP) is 2.13. The zero-order valence-electron chi connectivity index (χ0n) is 6.47. The van der Waals surface area contributed by atoms with Crippen LogP contribution >= 0.6 is 11.3 Å². The first kappa shape index (κ1) is 7.43. The highest BCUT2D eigenvalue weighted by Crippen LogP contribution is 2.07. The zero-order chi connectivity index (χ0) is 8.23. The van der Waals surface area contributed by atoms with Crippen LogP contribution in [0.15, 0.2) is 35.4 Å². The number of hydrogen-bond donors (Lipinski definition) is 0. The monoisotopic (exact) mass is 176 g/mol. The third-order valence-corrected chi connectivity index (χ3v) is 2.23. The topological polar surface area (TPSA) is 25.8 Å². The van der Waals surface area contributed by atoms with Crippen molar-refractivity contribution in [1.29, 1.82) is 0 Å². The minimum absolute atomic E-state index is 0.886. The molecular formula is C9H8N2S. The molecule has 0 aliphatic heterocycles. The molecule has 0 saturated carbocycles. The van der Waals surface area contributed by atoms with Crippen LogP contribution in [0, 0.1) is 0 Å². The summed E-state index contributed by atoms with van der Waals surface area (Å²) < 4.78 is 0. The van der Waals surface area contributed by atoms with E-state index in [1.54, 1.807) is 17.5 Å². The largest absolute Gasteiger partial charge is 0.264 e. The molecule has 0 aliphatic rings. The summed E-state index contributed by atoms with van der Waals surface area (Å²) in [5.74, 6) is 0. The first-order chi connectivity index (χ1) is 5.95. The van der Waals surface area contributed by atoms with E-state index in [0.29, 0.717) is 0 Å². The summed E-state index contributed by atoms with van der Waals surface area (Å²) in [5, 5.41) is 2.06. The van der Waals surface area contributed by atoms with Gasteiger partial charge in [0.2, 0.25) is 0 Å². The van der Waals surface area contributed by atoms with Crippen LogP contribution in [0.4, 0.5) is 0 Å². The highest BCUT2D eigenvalue weighted by atomic mass is 32.1. The molecule has 0 unspecified atom stereocenters. The highest BCUT2D eigenvalue weighted by molar-refractivity contribution is 7.07. The highest BCUT2D eigenvalue weighted by Gasteiger charge is 1.96. The fraction of sp³-hybridized carbons (Fsp3) is 0.111. The van der Waals surface area contributed by atoms with Crippen molar-refractivity contribution < 1.29 is 0 Å². The van der Waals surface area contributed by atoms with E-state index in [4.69, 9.17) is 0 Å². The van der Waals surface area contributed by atoms with Crippen molar-refractivity contribution in [2.24, 2.45) is 0 Å². The minimum Gasteiger partial charge on any atom is -0.264 e. The van der Waals surface area contributed by atoms with Gasteiger partial charge in [0.05, 0.1) is 11.2 Å². The molecule has 0 spiro atoms. The van der Waals surface area contributed by atoms with E-state index >= 15 is 0 Å². The number of thiazole rings is 1. The predicted molar refractivity (Wildman–Crippen MR) is 49.2 cm³/mol. The van der Waals surface area contributed by atoms with Gasteiger partial charge in [-0.15, -0.1) is 11.3 Å². The molecule has 2 aromatic rings. The smallest absolute Gasteiger partial charge is 0.0794 e. The average molecular weight is 176 g/mol. The molecule has 60 valence electrons. The number of nitrogens with zero attached hydrogens (tertiary/aromatic N) is 2. The molecule has 0 aliphatic carbocycles. The fourth-order valence-electron chi connectivity index (χ4n) is 1.04. The molecule has 0 amide bonds. The Kier molecular flexibility index (Phi) is 2.14. The summed E-state index contributed by atoms with van der Waals surface area (Å²) in [6, 6.07) is 4.01. The molecule has 0 fully saturated rings. The fourth-order valence-corrected chi connectivity index (χ4v) is 1.60. The second-order valence-electron chi connectivity index (χ2n) is 2.52. The van der Waals surface area contributed by atoms with Gasteiger partial charge in [0.15, 0.2) is 0 Å². The summed E-state index contributed by atoms with van der Waals surface area (Å²) in [6.45, 7) is 0. The van der Waals surface area contributed by atoms with E-state index in [2.05, 4.69) is 21.4 Å². The third kappa shape index (κ3) is 1.68.